The molecule has 0 aromatic carbocycles. The molecule has 0 spiro atoms. The van der Waals surface area contributed by atoms with E-state index in [1.54, 1.807) is 6.26 Å². The first kappa shape index (κ1) is 10.9. The molecular weight excluding hydrogens is 206 g/mol. The average molecular weight is 217 g/mol. The number of thioether (sulfide) groups is 1. The lowest BCUT2D eigenvalue weighted by atomic mass is 10.3. The third-order valence-corrected chi connectivity index (χ3v) is 2.35. The molecule has 0 atom stereocenters. The van der Waals surface area contributed by atoms with E-state index in [1.807, 2.05) is 0 Å². The van der Waals surface area contributed by atoms with Crippen molar-refractivity contribution in [2.45, 2.75) is 11.6 Å². The summed E-state index contributed by atoms with van der Waals surface area (Å²) in [6.07, 6.45) is 1.72. The maximum atomic E-state index is 10.8. The SMILES string of the molecule is CSc1nn(CCO)c(N)c1C(=O)O. The number of aromatic nitrogens is 2. The zero-order valence-electron chi connectivity index (χ0n) is 7.60. The molecule has 0 radical (unpaired) electrons. The number of carbonyl (C=O) groups is 1. The van der Waals surface area contributed by atoms with E-state index in [0.717, 1.165) is 0 Å². The lowest BCUT2D eigenvalue weighted by Gasteiger charge is -1.99. The molecule has 6 nitrogen and oxygen atoms in total. The Hall–Kier alpha value is -1.21. The molecule has 0 fully saturated rings. The summed E-state index contributed by atoms with van der Waals surface area (Å²) in [7, 11) is 0. The van der Waals surface area contributed by atoms with Crippen molar-refractivity contribution < 1.29 is 15.0 Å². The fourth-order valence-corrected chi connectivity index (χ4v) is 1.64. The van der Waals surface area contributed by atoms with Gasteiger partial charge in [-0.1, -0.05) is 0 Å². The molecule has 0 bridgehead atoms. The summed E-state index contributed by atoms with van der Waals surface area (Å²) in [6, 6.07) is 0. The summed E-state index contributed by atoms with van der Waals surface area (Å²) in [5.74, 6) is -1.02. The van der Waals surface area contributed by atoms with Gasteiger partial charge >= 0.3 is 5.97 Å². The Bertz CT molecular complexity index is 350. The molecule has 0 aliphatic rings. The zero-order valence-corrected chi connectivity index (χ0v) is 8.41. The predicted octanol–water partition coefficient (Wildman–Crippen LogP) is -0.122. The van der Waals surface area contributed by atoms with Crippen LogP contribution in [0.4, 0.5) is 5.82 Å². The molecule has 0 saturated heterocycles. The van der Waals surface area contributed by atoms with Gasteiger partial charge in [0, 0.05) is 0 Å². The second kappa shape index (κ2) is 4.34. The molecule has 0 aliphatic carbocycles. The molecule has 0 amide bonds. The van der Waals surface area contributed by atoms with E-state index >= 15 is 0 Å². The highest BCUT2D eigenvalue weighted by Gasteiger charge is 2.20. The first-order chi connectivity index (χ1) is 6.61. The van der Waals surface area contributed by atoms with Gasteiger partial charge in [-0.25, -0.2) is 9.48 Å². The molecule has 14 heavy (non-hydrogen) atoms. The molecule has 0 saturated carbocycles. The van der Waals surface area contributed by atoms with Crippen molar-refractivity contribution in [3.63, 3.8) is 0 Å². The van der Waals surface area contributed by atoms with Crippen molar-refractivity contribution in [2.75, 3.05) is 18.6 Å². The number of nitrogens with two attached hydrogens (primary N) is 1. The van der Waals surface area contributed by atoms with E-state index in [2.05, 4.69) is 5.10 Å². The van der Waals surface area contributed by atoms with Gasteiger partial charge in [0.05, 0.1) is 13.2 Å². The minimum absolute atomic E-state index is 0.00551. The van der Waals surface area contributed by atoms with Crippen molar-refractivity contribution in [1.82, 2.24) is 9.78 Å². The molecular formula is C7H11N3O3S. The van der Waals surface area contributed by atoms with Gasteiger partial charge in [-0.15, -0.1) is 11.8 Å². The lowest BCUT2D eigenvalue weighted by Crippen LogP contribution is -2.09. The number of nitrogens with zero attached hydrogens (tertiary/aromatic N) is 2. The van der Waals surface area contributed by atoms with Crippen LogP contribution in [0.15, 0.2) is 5.03 Å². The van der Waals surface area contributed by atoms with Gasteiger partial charge in [-0.2, -0.15) is 5.10 Å². The number of carboxylic acid groups (broad SMARTS) is 1. The van der Waals surface area contributed by atoms with Gasteiger partial charge in [0.2, 0.25) is 0 Å². The Morgan fingerprint density at radius 1 is 1.71 bits per heavy atom. The third kappa shape index (κ3) is 1.83. The van der Waals surface area contributed by atoms with Crippen LogP contribution < -0.4 is 5.73 Å². The van der Waals surface area contributed by atoms with Crippen molar-refractivity contribution in [3.05, 3.63) is 5.56 Å². The van der Waals surface area contributed by atoms with Gasteiger partial charge in [-0.3, -0.25) is 0 Å². The van der Waals surface area contributed by atoms with E-state index in [1.165, 1.54) is 16.4 Å². The first-order valence-corrected chi connectivity index (χ1v) is 5.08. The van der Waals surface area contributed by atoms with Crippen LogP contribution in [0.5, 0.6) is 0 Å². The van der Waals surface area contributed by atoms with Crippen LogP contribution in [0.2, 0.25) is 0 Å². The smallest absolute Gasteiger partial charge is 0.342 e. The van der Waals surface area contributed by atoms with Crippen molar-refractivity contribution >= 4 is 23.5 Å². The van der Waals surface area contributed by atoms with E-state index in [-0.39, 0.29) is 24.5 Å². The molecule has 4 N–H and O–H groups in total. The van der Waals surface area contributed by atoms with E-state index in [4.69, 9.17) is 15.9 Å². The quantitative estimate of drug-likeness (QED) is 0.608. The van der Waals surface area contributed by atoms with E-state index in [0.29, 0.717) is 5.03 Å². The van der Waals surface area contributed by atoms with Gasteiger partial charge in [-0.05, 0) is 6.26 Å². The highest BCUT2D eigenvalue weighted by atomic mass is 32.2. The number of hydrogen-bond donors (Lipinski definition) is 3. The first-order valence-electron chi connectivity index (χ1n) is 3.86. The second-order valence-corrected chi connectivity index (χ2v) is 3.32. The fraction of sp³-hybridized carbons (Fsp3) is 0.429. The van der Waals surface area contributed by atoms with Gasteiger partial charge in [0.15, 0.2) is 0 Å². The van der Waals surface area contributed by atoms with Gasteiger partial charge < -0.3 is 15.9 Å². The zero-order chi connectivity index (χ0) is 10.7. The van der Waals surface area contributed by atoms with Gasteiger partial charge in [0.1, 0.15) is 16.4 Å². The standard InChI is InChI=1S/C7H11N3O3S/c1-14-6-4(7(12)13)5(8)10(9-6)2-3-11/h11H,2-3,8H2,1H3,(H,12,13). The maximum absolute atomic E-state index is 10.8. The minimum Gasteiger partial charge on any atom is -0.477 e. The number of anilines is 1. The van der Waals surface area contributed by atoms with E-state index < -0.39 is 5.97 Å². The van der Waals surface area contributed by atoms with Crippen molar-refractivity contribution in [1.29, 1.82) is 0 Å². The summed E-state index contributed by atoms with van der Waals surface area (Å²) >= 11 is 1.21. The Labute approximate surface area is 84.7 Å². The number of aromatic carboxylic acids is 1. The summed E-state index contributed by atoms with van der Waals surface area (Å²) < 4.78 is 1.29. The monoisotopic (exact) mass is 217 g/mol. The molecule has 7 heteroatoms. The number of hydrogen-bond acceptors (Lipinski definition) is 5. The Morgan fingerprint density at radius 3 is 2.71 bits per heavy atom. The average Bonchev–Trinajstić information content (AvgIpc) is 2.44. The number of aliphatic hydroxyl groups excluding tert-OH is 1. The molecule has 1 aromatic rings. The van der Waals surface area contributed by atoms with Crippen molar-refractivity contribution in [2.24, 2.45) is 0 Å². The van der Waals surface area contributed by atoms with Crippen LogP contribution in [-0.2, 0) is 6.54 Å². The highest BCUT2D eigenvalue weighted by molar-refractivity contribution is 7.98. The van der Waals surface area contributed by atoms with Crippen LogP contribution in [0.3, 0.4) is 0 Å². The summed E-state index contributed by atoms with van der Waals surface area (Å²) in [4.78, 5) is 10.8. The molecule has 0 unspecified atom stereocenters. The predicted molar refractivity (Wildman–Crippen MR) is 52.5 cm³/mol. The maximum Gasteiger partial charge on any atom is 0.342 e. The summed E-state index contributed by atoms with van der Waals surface area (Å²) in [5.41, 5.74) is 5.57. The molecule has 1 heterocycles. The molecule has 0 aliphatic heterocycles. The topological polar surface area (TPSA) is 101 Å². The van der Waals surface area contributed by atoms with Gasteiger partial charge in [0.25, 0.3) is 0 Å². The van der Waals surface area contributed by atoms with Crippen molar-refractivity contribution in [3.8, 4) is 0 Å². The summed E-state index contributed by atoms with van der Waals surface area (Å²) in [6.45, 7) is 0.0748. The van der Waals surface area contributed by atoms with Crippen LogP contribution in [0.1, 0.15) is 10.4 Å². The molecule has 78 valence electrons. The minimum atomic E-state index is -1.10. The molecule has 1 rings (SSSR count). The normalized spacial score (nSPS) is 10.4. The number of carboxylic acids is 1. The lowest BCUT2D eigenvalue weighted by molar-refractivity contribution is 0.0694. The van der Waals surface area contributed by atoms with E-state index in [9.17, 15) is 4.79 Å². The number of aliphatic hydroxyl groups is 1. The van der Waals surface area contributed by atoms with Crippen LogP contribution in [0, 0.1) is 0 Å². The second-order valence-electron chi connectivity index (χ2n) is 2.52. The van der Waals surface area contributed by atoms with Crippen LogP contribution >= 0.6 is 11.8 Å². The Morgan fingerprint density at radius 2 is 2.36 bits per heavy atom. The fourth-order valence-electron chi connectivity index (χ4n) is 1.06. The largest absolute Gasteiger partial charge is 0.477 e. The Balaban J connectivity index is 3.18. The Kier molecular flexibility index (Phi) is 3.37. The molecule has 1 aromatic heterocycles. The highest BCUT2D eigenvalue weighted by Crippen LogP contribution is 2.24. The van der Waals surface area contributed by atoms with Crippen LogP contribution in [-0.4, -0.2) is 38.8 Å². The number of nitrogen functional groups attached to an aromatic ring is 1. The third-order valence-electron chi connectivity index (χ3n) is 1.68. The van der Waals surface area contributed by atoms with Crippen LogP contribution in [0.25, 0.3) is 0 Å². The summed E-state index contributed by atoms with van der Waals surface area (Å²) in [5, 5.41) is 21.9. The number of rotatable bonds is 4.